The molecule has 1 aromatic heterocycles. The summed E-state index contributed by atoms with van der Waals surface area (Å²) >= 11 is 0. The summed E-state index contributed by atoms with van der Waals surface area (Å²) in [7, 11) is 1.85. The van der Waals surface area contributed by atoms with E-state index >= 15 is 0 Å². The van der Waals surface area contributed by atoms with Crippen LogP contribution < -0.4 is 10.1 Å². The fourth-order valence-corrected chi connectivity index (χ4v) is 1.73. The smallest absolute Gasteiger partial charge is 0.165 e. The van der Waals surface area contributed by atoms with Crippen LogP contribution in [0.2, 0.25) is 0 Å². The van der Waals surface area contributed by atoms with E-state index in [0.717, 1.165) is 5.69 Å². The van der Waals surface area contributed by atoms with Crippen LogP contribution in [0.3, 0.4) is 0 Å². The number of para-hydroxylation sites is 1. The lowest BCUT2D eigenvalue weighted by molar-refractivity contribution is 0.104. The van der Waals surface area contributed by atoms with Gasteiger partial charge in [-0.3, -0.25) is 4.68 Å². The Hall–Kier alpha value is -1.92. The lowest BCUT2D eigenvalue weighted by atomic mass is 10.3. The molecule has 0 amide bonds. The van der Waals surface area contributed by atoms with Crippen molar-refractivity contribution >= 4 is 0 Å². The Balaban J connectivity index is 1.68. The van der Waals surface area contributed by atoms with E-state index in [9.17, 15) is 9.50 Å². The van der Waals surface area contributed by atoms with Gasteiger partial charge in [0.1, 0.15) is 12.7 Å². The van der Waals surface area contributed by atoms with Gasteiger partial charge in [-0.15, -0.1) is 0 Å². The van der Waals surface area contributed by atoms with Gasteiger partial charge in [-0.2, -0.15) is 5.10 Å². The van der Waals surface area contributed by atoms with Crippen molar-refractivity contribution in [3.63, 3.8) is 0 Å². The first-order valence-electron chi connectivity index (χ1n) is 6.40. The largest absolute Gasteiger partial charge is 0.488 e. The number of ether oxygens (including phenoxy) is 1. The van der Waals surface area contributed by atoms with Crippen molar-refractivity contribution in [1.29, 1.82) is 0 Å². The van der Waals surface area contributed by atoms with Crippen molar-refractivity contribution in [1.82, 2.24) is 15.1 Å². The second kappa shape index (κ2) is 7.02. The van der Waals surface area contributed by atoms with E-state index < -0.39 is 11.9 Å². The average molecular weight is 279 g/mol. The number of rotatable bonds is 7. The molecule has 0 aliphatic rings. The molecule has 0 fully saturated rings. The van der Waals surface area contributed by atoms with Crippen molar-refractivity contribution in [2.75, 3.05) is 13.2 Å². The van der Waals surface area contributed by atoms with Crippen LogP contribution >= 0.6 is 0 Å². The molecule has 108 valence electrons. The maximum absolute atomic E-state index is 13.3. The third-order valence-electron chi connectivity index (χ3n) is 2.72. The lowest BCUT2D eigenvalue weighted by Gasteiger charge is -2.13. The molecule has 0 bridgehead atoms. The highest BCUT2D eigenvalue weighted by molar-refractivity contribution is 5.23. The summed E-state index contributed by atoms with van der Waals surface area (Å²) < 4.78 is 20.2. The summed E-state index contributed by atoms with van der Waals surface area (Å²) in [5, 5.41) is 17.0. The van der Waals surface area contributed by atoms with Gasteiger partial charge in [-0.1, -0.05) is 12.1 Å². The normalized spacial score (nSPS) is 12.3. The average Bonchev–Trinajstić information content (AvgIpc) is 2.83. The number of aliphatic hydroxyl groups is 1. The number of aromatic nitrogens is 2. The van der Waals surface area contributed by atoms with E-state index in [0.29, 0.717) is 13.1 Å². The molecular formula is C14H18FN3O2. The molecule has 20 heavy (non-hydrogen) atoms. The highest BCUT2D eigenvalue weighted by atomic mass is 19.1. The van der Waals surface area contributed by atoms with Crippen LogP contribution in [0.1, 0.15) is 5.69 Å². The zero-order valence-electron chi connectivity index (χ0n) is 11.3. The molecule has 2 aromatic rings. The number of halogens is 1. The maximum atomic E-state index is 13.3. The van der Waals surface area contributed by atoms with E-state index in [1.165, 1.54) is 12.1 Å². The molecular weight excluding hydrogens is 261 g/mol. The third-order valence-corrected chi connectivity index (χ3v) is 2.72. The van der Waals surface area contributed by atoms with Crippen LogP contribution in [0, 0.1) is 5.82 Å². The molecule has 0 saturated carbocycles. The Morgan fingerprint density at radius 2 is 2.20 bits per heavy atom. The highest BCUT2D eigenvalue weighted by Gasteiger charge is 2.07. The molecule has 1 heterocycles. The van der Waals surface area contributed by atoms with Gasteiger partial charge in [0, 0.05) is 26.3 Å². The summed E-state index contributed by atoms with van der Waals surface area (Å²) in [5.41, 5.74) is 0.898. The number of aliphatic hydroxyl groups excluding tert-OH is 1. The van der Waals surface area contributed by atoms with Crippen LogP contribution in [-0.2, 0) is 13.6 Å². The Morgan fingerprint density at radius 1 is 1.40 bits per heavy atom. The quantitative estimate of drug-likeness (QED) is 0.796. The SMILES string of the molecule is Cn1ccc(CNCC(O)COc2ccccc2F)n1. The fraction of sp³-hybridized carbons (Fsp3) is 0.357. The van der Waals surface area contributed by atoms with Crippen molar-refractivity contribution in [2.24, 2.45) is 7.05 Å². The van der Waals surface area contributed by atoms with E-state index in [1.807, 2.05) is 19.3 Å². The molecule has 0 radical (unpaired) electrons. The summed E-state index contributed by atoms with van der Waals surface area (Å²) in [4.78, 5) is 0. The molecule has 1 atom stereocenters. The predicted molar refractivity (Wildman–Crippen MR) is 72.8 cm³/mol. The molecule has 1 aromatic carbocycles. The first-order chi connectivity index (χ1) is 9.65. The van der Waals surface area contributed by atoms with Crippen LogP contribution in [0.4, 0.5) is 4.39 Å². The first kappa shape index (κ1) is 14.5. The zero-order valence-corrected chi connectivity index (χ0v) is 11.3. The molecule has 2 rings (SSSR count). The minimum atomic E-state index is -0.710. The number of nitrogens with one attached hydrogen (secondary N) is 1. The van der Waals surface area contributed by atoms with E-state index in [4.69, 9.17) is 4.74 Å². The molecule has 0 aliphatic heterocycles. The van der Waals surface area contributed by atoms with Gasteiger partial charge >= 0.3 is 0 Å². The Bertz CT molecular complexity index is 545. The van der Waals surface area contributed by atoms with Crippen molar-refractivity contribution in [3.05, 3.63) is 48.0 Å². The third kappa shape index (κ3) is 4.32. The Labute approximate surface area is 117 Å². The number of hydrogen-bond acceptors (Lipinski definition) is 4. The highest BCUT2D eigenvalue weighted by Crippen LogP contribution is 2.15. The topological polar surface area (TPSA) is 59.3 Å². The maximum Gasteiger partial charge on any atom is 0.165 e. The van der Waals surface area contributed by atoms with Crippen molar-refractivity contribution in [3.8, 4) is 5.75 Å². The molecule has 5 nitrogen and oxygen atoms in total. The number of aryl methyl sites for hydroxylation is 1. The van der Waals surface area contributed by atoms with Gasteiger partial charge in [0.05, 0.1) is 5.69 Å². The molecule has 0 saturated heterocycles. The summed E-state index contributed by atoms with van der Waals surface area (Å²) in [6, 6.07) is 8.02. The van der Waals surface area contributed by atoms with Gasteiger partial charge < -0.3 is 15.2 Å². The second-order valence-corrected chi connectivity index (χ2v) is 4.51. The molecule has 6 heteroatoms. The standard InChI is InChI=1S/C14H18FN3O2/c1-18-7-6-11(17-18)8-16-9-12(19)10-20-14-5-3-2-4-13(14)15/h2-7,12,16,19H,8-10H2,1H3. The number of nitrogens with zero attached hydrogens (tertiary/aromatic N) is 2. The predicted octanol–water partition coefficient (Wildman–Crippen LogP) is 1.09. The van der Waals surface area contributed by atoms with E-state index in [-0.39, 0.29) is 12.4 Å². The number of hydrogen-bond donors (Lipinski definition) is 2. The lowest BCUT2D eigenvalue weighted by Crippen LogP contribution is -2.31. The molecule has 1 unspecified atom stereocenters. The zero-order chi connectivity index (χ0) is 14.4. The minimum absolute atomic E-state index is 0.0378. The van der Waals surface area contributed by atoms with Crippen LogP contribution in [0.15, 0.2) is 36.5 Å². The Morgan fingerprint density at radius 3 is 2.90 bits per heavy atom. The summed E-state index contributed by atoms with van der Waals surface area (Å²) in [6.07, 6.45) is 1.15. The molecule has 0 spiro atoms. The first-order valence-corrected chi connectivity index (χ1v) is 6.40. The molecule has 2 N–H and O–H groups in total. The second-order valence-electron chi connectivity index (χ2n) is 4.51. The minimum Gasteiger partial charge on any atom is -0.488 e. The van der Waals surface area contributed by atoms with Gasteiger partial charge in [-0.25, -0.2) is 4.39 Å². The van der Waals surface area contributed by atoms with Gasteiger partial charge in [0.15, 0.2) is 11.6 Å². The van der Waals surface area contributed by atoms with Crippen molar-refractivity contribution < 1.29 is 14.2 Å². The van der Waals surface area contributed by atoms with Crippen LogP contribution in [0.5, 0.6) is 5.75 Å². The Kier molecular flexibility index (Phi) is 5.09. The molecule has 0 aliphatic carbocycles. The van der Waals surface area contributed by atoms with Crippen LogP contribution in [-0.4, -0.2) is 34.1 Å². The van der Waals surface area contributed by atoms with Gasteiger partial charge in [-0.05, 0) is 18.2 Å². The summed E-state index contributed by atoms with van der Waals surface area (Å²) in [5.74, 6) is -0.280. The number of benzene rings is 1. The summed E-state index contributed by atoms with van der Waals surface area (Å²) in [6.45, 7) is 0.957. The van der Waals surface area contributed by atoms with Gasteiger partial charge in [0.25, 0.3) is 0 Å². The fourth-order valence-electron chi connectivity index (χ4n) is 1.73. The van der Waals surface area contributed by atoms with E-state index in [1.54, 1.807) is 16.8 Å². The van der Waals surface area contributed by atoms with Crippen LogP contribution in [0.25, 0.3) is 0 Å². The van der Waals surface area contributed by atoms with Crippen molar-refractivity contribution in [2.45, 2.75) is 12.6 Å². The van der Waals surface area contributed by atoms with E-state index in [2.05, 4.69) is 10.4 Å². The monoisotopic (exact) mass is 279 g/mol. The van der Waals surface area contributed by atoms with Gasteiger partial charge in [0.2, 0.25) is 0 Å².